The van der Waals surface area contributed by atoms with Gasteiger partial charge in [-0.05, 0) is 58.5 Å². The van der Waals surface area contributed by atoms with Crippen LogP contribution in [0.15, 0.2) is 0 Å². The summed E-state index contributed by atoms with van der Waals surface area (Å²) in [5.74, 6) is 0.183. The van der Waals surface area contributed by atoms with Crippen LogP contribution in [0, 0.1) is 5.92 Å². The summed E-state index contributed by atoms with van der Waals surface area (Å²) in [6.07, 6.45) is 29.9. The van der Waals surface area contributed by atoms with Crippen LogP contribution in [0.4, 0.5) is 4.79 Å². The summed E-state index contributed by atoms with van der Waals surface area (Å²) in [4.78, 5) is 38.8. The Morgan fingerprint density at radius 2 is 0.895 bits per heavy atom. The monoisotopic (exact) mass is 816 g/mol. The van der Waals surface area contributed by atoms with Crippen LogP contribution in [0.25, 0.3) is 0 Å². The molecule has 0 aliphatic rings. The lowest BCUT2D eigenvalue weighted by molar-refractivity contribution is -0.146. The average molecular weight is 816 g/mol. The minimum atomic E-state index is -0.632. The quantitative estimate of drug-likeness (QED) is 0.0355. The Morgan fingerprint density at radius 1 is 0.456 bits per heavy atom. The summed E-state index contributed by atoms with van der Waals surface area (Å²) in [5.41, 5.74) is 0. The van der Waals surface area contributed by atoms with Gasteiger partial charge in [0.25, 0.3) is 0 Å². The highest BCUT2D eigenvalue weighted by molar-refractivity contribution is 5.69. The van der Waals surface area contributed by atoms with Crippen molar-refractivity contribution >= 4 is 18.1 Å². The Bertz CT molecular complexity index is 787. The van der Waals surface area contributed by atoms with E-state index < -0.39 is 6.16 Å². The van der Waals surface area contributed by atoms with Gasteiger partial charge in [-0.3, -0.25) is 9.59 Å². The zero-order valence-electron chi connectivity index (χ0n) is 40.3. The molecule has 0 amide bonds. The van der Waals surface area contributed by atoms with Crippen molar-refractivity contribution in [1.82, 2.24) is 4.90 Å². The van der Waals surface area contributed by atoms with E-state index in [2.05, 4.69) is 67.2 Å². The van der Waals surface area contributed by atoms with E-state index in [0.29, 0.717) is 38.4 Å². The van der Waals surface area contributed by atoms with Crippen molar-refractivity contribution in [2.45, 2.75) is 255 Å². The Balaban J connectivity index is -0.00000141. The normalized spacial score (nSPS) is 11.5. The van der Waals surface area contributed by atoms with Crippen LogP contribution in [0.1, 0.15) is 249 Å². The zero-order chi connectivity index (χ0) is 43.6. The summed E-state index contributed by atoms with van der Waals surface area (Å²) in [5, 5.41) is 0. The number of ether oxygens (including phenoxy) is 4. The SMILES string of the molecule is CCC.CCC.CCC.CCCCCCCCC(CC)CC(=O)OCCC(CCCCCCCCCCOC(=O)CCCCCCC)OC(=O)OCCCN(C)C. The maximum absolute atomic E-state index is 12.6. The molecule has 0 aliphatic carbocycles. The third-order valence-electron chi connectivity index (χ3n) is 9.10. The van der Waals surface area contributed by atoms with Crippen molar-refractivity contribution in [3.05, 3.63) is 0 Å². The van der Waals surface area contributed by atoms with Gasteiger partial charge in [0.15, 0.2) is 0 Å². The fourth-order valence-corrected chi connectivity index (χ4v) is 5.90. The highest BCUT2D eigenvalue weighted by atomic mass is 16.7. The molecule has 344 valence electrons. The van der Waals surface area contributed by atoms with Gasteiger partial charge < -0.3 is 23.8 Å². The maximum Gasteiger partial charge on any atom is 0.508 e. The number of unbranched alkanes of at least 4 members (excludes halogenated alkanes) is 16. The van der Waals surface area contributed by atoms with Crippen LogP contribution in [-0.2, 0) is 28.5 Å². The van der Waals surface area contributed by atoms with Crippen LogP contribution in [-0.4, -0.2) is 69.6 Å². The molecule has 0 spiro atoms. The molecule has 0 aromatic rings. The van der Waals surface area contributed by atoms with Gasteiger partial charge in [-0.2, -0.15) is 0 Å². The van der Waals surface area contributed by atoms with Crippen molar-refractivity contribution < 1.29 is 33.3 Å². The van der Waals surface area contributed by atoms with Gasteiger partial charge in [0, 0.05) is 25.8 Å². The predicted octanol–water partition coefficient (Wildman–Crippen LogP) is 15.2. The molecule has 57 heavy (non-hydrogen) atoms. The van der Waals surface area contributed by atoms with E-state index in [1.165, 1.54) is 89.9 Å². The molecule has 0 aliphatic heterocycles. The Morgan fingerprint density at radius 3 is 1.40 bits per heavy atom. The lowest BCUT2D eigenvalue weighted by Gasteiger charge is -2.19. The van der Waals surface area contributed by atoms with Crippen molar-refractivity contribution in [3.63, 3.8) is 0 Å². The zero-order valence-corrected chi connectivity index (χ0v) is 40.3. The standard InChI is InChI=1S/C40H77NO7.3C3H8/c1-6-9-11-13-19-22-27-36(8-3)35-39(43)46-34-30-37(48-40(44)47-33-26-31-41(4)5)28-23-20-16-14-15-17-21-25-32-45-38(42)29-24-18-12-10-7-2;3*1-3-2/h36-37H,6-35H2,1-5H3;3*3H2,1-2H3. The number of hydrogen-bond donors (Lipinski definition) is 0. The third-order valence-corrected chi connectivity index (χ3v) is 9.10. The predicted molar refractivity (Wildman–Crippen MR) is 245 cm³/mol. The molecule has 0 fully saturated rings. The summed E-state index contributed by atoms with van der Waals surface area (Å²) in [7, 11) is 3.98. The molecule has 8 heteroatoms. The van der Waals surface area contributed by atoms with Gasteiger partial charge in [0.05, 0.1) is 19.8 Å². The summed E-state index contributed by atoms with van der Waals surface area (Å²) >= 11 is 0. The fourth-order valence-electron chi connectivity index (χ4n) is 5.90. The fraction of sp³-hybridized carbons (Fsp3) is 0.939. The Labute approximate surface area is 356 Å². The average Bonchev–Trinajstić information content (AvgIpc) is 3.17. The topological polar surface area (TPSA) is 91.4 Å². The van der Waals surface area contributed by atoms with E-state index in [4.69, 9.17) is 18.9 Å². The van der Waals surface area contributed by atoms with E-state index >= 15 is 0 Å². The largest absolute Gasteiger partial charge is 0.508 e. The highest BCUT2D eigenvalue weighted by Crippen LogP contribution is 2.20. The Kier molecular flexibility index (Phi) is 58.8. The van der Waals surface area contributed by atoms with Crippen molar-refractivity contribution in [3.8, 4) is 0 Å². The lowest BCUT2D eigenvalue weighted by Crippen LogP contribution is -2.23. The Hall–Kier alpha value is -1.83. The number of nitrogens with zero attached hydrogens (tertiary/aromatic N) is 1. The van der Waals surface area contributed by atoms with Gasteiger partial charge in [-0.15, -0.1) is 0 Å². The second kappa shape index (κ2) is 54.2. The molecule has 0 heterocycles. The molecule has 0 rings (SSSR count). The first kappa shape index (κ1) is 61.8. The van der Waals surface area contributed by atoms with E-state index in [1.54, 1.807) is 0 Å². The summed E-state index contributed by atoms with van der Waals surface area (Å²) in [6.45, 7) is 21.3. The molecular formula is C49H101NO7. The molecule has 2 unspecified atom stereocenters. The van der Waals surface area contributed by atoms with E-state index in [-0.39, 0.29) is 24.6 Å². The molecule has 2 atom stereocenters. The van der Waals surface area contributed by atoms with E-state index in [1.807, 2.05) is 14.1 Å². The van der Waals surface area contributed by atoms with Gasteiger partial charge >= 0.3 is 18.1 Å². The molecule has 0 bridgehead atoms. The number of hydrogen-bond acceptors (Lipinski definition) is 8. The van der Waals surface area contributed by atoms with Gasteiger partial charge in [0.2, 0.25) is 0 Å². The minimum Gasteiger partial charge on any atom is -0.466 e. The number of carbonyl (C=O) groups excluding carboxylic acids is 3. The first-order valence-electron chi connectivity index (χ1n) is 24.4. The molecule has 0 N–H and O–H groups in total. The molecule has 0 radical (unpaired) electrons. The molecule has 0 saturated heterocycles. The van der Waals surface area contributed by atoms with Crippen molar-refractivity contribution in [2.75, 3.05) is 40.5 Å². The van der Waals surface area contributed by atoms with Crippen LogP contribution in [0.2, 0.25) is 0 Å². The first-order chi connectivity index (χ1) is 27.6. The second-order valence-electron chi connectivity index (χ2n) is 16.2. The van der Waals surface area contributed by atoms with Gasteiger partial charge in [-0.1, -0.05) is 191 Å². The molecule has 0 aromatic heterocycles. The number of rotatable bonds is 35. The smallest absolute Gasteiger partial charge is 0.466 e. The van der Waals surface area contributed by atoms with Crippen LogP contribution in [0.3, 0.4) is 0 Å². The molecule has 0 saturated carbocycles. The highest BCUT2D eigenvalue weighted by Gasteiger charge is 2.18. The summed E-state index contributed by atoms with van der Waals surface area (Å²) in [6, 6.07) is 0. The van der Waals surface area contributed by atoms with Gasteiger partial charge in [0.1, 0.15) is 6.10 Å². The number of esters is 2. The van der Waals surface area contributed by atoms with Crippen molar-refractivity contribution in [2.24, 2.45) is 5.92 Å². The molecule has 8 nitrogen and oxygen atoms in total. The summed E-state index contributed by atoms with van der Waals surface area (Å²) < 4.78 is 22.0. The maximum atomic E-state index is 12.6. The minimum absolute atomic E-state index is 0.0477. The van der Waals surface area contributed by atoms with Crippen LogP contribution < -0.4 is 0 Å². The van der Waals surface area contributed by atoms with E-state index in [0.717, 1.165) is 83.6 Å². The van der Waals surface area contributed by atoms with Crippen molar-refractivity contribution in [1.29, 1.82) is 0 Å². The lowest BCUT2D eigenvalue weighted by atomic mass is 9.95. The van der Waals surface area contributed by atoms with Crippen LogP contribution in [0.5, 0.6) is 0 Å². The second-order valence-corrected chi connectivity index (χ2v) is 16.2. The van der Waals surface area contributed by atoms with Gasteiger partial charge in [-0.25, -0.2) is 4.79 Å². The van der Waals surface area contributed by atoms with Crippen LogP contribution >= 0.6 is 0 Å². The first-order valence-corrected chi connectivity index (χ1v) is 24.4. The van der Waals surface area contributed by atoms with E-state index in [9.17, 15) is 14.4 Å². The third kappa shape index (κ3) is 58.6. The molecule has 0 aromatic carbocycles. The molecular weight excluding hydrogens is 715 g/mol. The number of carbonyl (C=O) groups is 3.